The van der Waals surface area contributed by atoms with Crippen LogP contribution in [-0.2, 0) is 6.54 Å². The van der Waals surface area contributed by atoms with Crippen molar-refractivity contribution in [2.45, 2.75) is 13.5 Å². The smallest absolute Gasteiger partial charge is 0.272 e. The second-order valence-electron chi connectivity index (χ2n) is 4.43. The van der Waals surface area contributed by atoms with E-state index in [2.05, 4.69) is 5.32 Å². The molecule has 0 unspecified atom stereocenters. The maximum Gasteiger partial charge on any atom is 0.272 e. The maximum absolute atomic E-state index is 12.3. The number of ether oxygens (including phenoxy) is 1. The summed E-state index contributed by atoms with van der Waals surface area (Å²) in [4.78, 5) is 12.3. The molecule has 0 bridgehead atoms. The summed E-state index contributed by atoms with van der Waals surface area (Å²) in [5.74, 6) is 0.154. The van der Waals surface area contributed by atoms with Crippen molar-refractivity contribution >= 4 is 17.3 Å². The molecule has 0 fully saturated rings. The Morgan fingerprint density at radius 1 is 1.48 bits per heavy atom. The SMILES string of the molecule is CCn1cc(N)cc1C(=O)Nc1ccc(C#N)cc1OC. The van der Waals surface area contributed by atoms with E-state index in [0.29, 0.717) is 34.9 Å². The molecule has 3 N–H and O–H groups in total. The van der Waals surface area contributed by atoms with Gasteiger partial charge in [0.1, 0.15) is 11.4 Å². The molecule has 2 rings (SSSR count). The van der Waals surface area contributed by atoms with Crippen LogP contribution in [0.1, 0.15) is 23.0 Å². The molecule has 108 valence electrons. The van der Waals surface area contributed by atoms with Crippen LogP contribution in [0, 0.1) is 11.3 Å². The summed E-state index contributed by atoms with van der Waals surface area (Å²) in [6.07, 6.45) is 1.71. The number of nitrogen functional groups attached to an aromatic ring is 1. The van der Waals surface area contributed by atoms with Crippen LogP contribution in [0.4, 0.5) is 11.4 Å². The molecule has 0 radical (unpaired) electrons. The van der Waals surface area contributed by atoms with E-state index in [1.165, 1.54) is 7.11 Å². The molecule has 1 heterocycles. The van der Waals surface area contributed by atoms with Crippen LogP contribution in [0.5, 0.6) is 5.75 Å². The number of carbonyl (C=O) groups is 1. The van der Waals surface area contributed by atoms with Crippen molar-refractivity contribution in [3.63, 3.8) is 0 Å². The fourth-order valence-electron chi connectivity index (χ4n) is 2.04. The fraction of sp³-hybridized carbons (Fsp3) is 0.200. The van der Waals surface area contributed by atoms with Crippen LogP contribution < -0.4 is 15.8 Å². The minimum atomic E-state index is -0.281. The summed E-state index contributed by atoms with van der Waals surface area (Å²) < 4.78 is 6.95. The number of nitrogens with two attached hydrogens (primary N) is 1. The lowest BCUT2D eigenvalue weighted by Crippen LogP contribution is -2.16. The van der Waals surface area contributed by atoms with Crippen molar-refractivity contribution in [2.75, 3.05) is 18.2 Å². The van der Waals surface area contributed by atoms with Gasteiger partial charge in [0.25, 0.3) is 5.91 Å². The molecule has 0 aliphatic heterocycles. The van der Waals surface area contributed by atoms with E-state index in [1.54, 1.807) is 35.0 Å². The van der Waals surface area contributed by atoms with Crippen LogP contribution >= 0.6 is 0 Å². The van der Waals surface area contributed by atoms with Crippen molar-refractivity contribution in [2.24, 2.45) is 0 Å². The van der Waals surface area contributed by atoms with Crippen LogP contribution in [-0.4, -0.2) is 17.6 Å². The molecule has 6 nitrogen and oxygen atoms in total. The van der Waals surface area contributed by atoms with Gasteiger partial charge < -0.3 is 20.4 Å². The third-order valence-electron chi connectivity index (χ3n) is 3.07. The van der Waals surface area contributed by atoms with Crippen molar-refractivity contribution in [3.05, 3.63) is 41.7 Å². The Kier molecular flexibility index (Phi) is 4.14. The van der Waals surface area contributed by atoms with Gasteiger partial charge in [-0.2, -0.15) is 5.26 Å². The maximum atomic E-state index is 12.3. The number of nitrogens with one attached hydrogen (secondary N) is 1. The highest BCUT2D eigenvalue weighted by atomic mass is 16.5. The lowest BCUT2D eigenvalue weighted by Gasteiger charge is -2.11. The van der Waals surface area contributed by atoms with Gasteiger partial charge in [-0.25, -0.2) is 0 Å². The van der Waals surface area contributed by atoms with E-state index in [1.807, 2.05) is 13.0 Å². The van der Waals surface area contributed by atoms with Crippen molar-refractivity contribution in [3.8, 4) is 11.8 Å². The van der Waals surface area contributed by atoms with E-state index >= 15 is 0 Å². The summed E-state index contributed by atoms with van der Waals surface area (Å²) >= 11 is 0. The predicted molar refractivity (Wildman–Crippen MR) is 80.2 cm³/mol. The Hall–Kier alpha value is -2.94. The first-order valence-corrected chi connectivity index (χ1v) is 6.44. The zero-order valence-electron chi connectivity index (χ0n) is 11.9. The number of carbonyl (C=O) groups excluding carboxylic acids is 1. The highest BCUT2D eigenvalue weighted by molar-refractivity contribution is 6.04. The molecule has 0 aliphatic rings. The molecular weight excluding hydrogens is 268 g/mol. The molecule has 21 heavy (non-hydrogen) atoms. The van der Waals surface area contributed by atoms with Gasteiger partial charge >= 0.3 is 0 Å². The Morgan fingerprint density at radius 3 is 2.86 bits per heavy atom. The van der Waals surface area contributed by atoms with Gasteiger partial charge in [-0.05, 0) is 25.1 Å². The second-order valence-corrected chi connectivity index (χ2v) is 4.43. The largest absolute Gasteiger partial charge is 0.495 e. The minimum Gasteiger partial charge on any atom is -0.495 e. The summed E-state index contributed by atoms with van der Waals surface area (Å²) in [7, 11) is 1.48. The van der Waals surface area contributed by atoms with Crippen LogP contribution in [0.2, 0.25) is 0 Å². The third-order valence-corrected chi connectivity index (χ3v) is 3.07. The second kappa shape index (κ2) is 6.01. The van der Waals surface area contributed by atoms with Gasteiger partial charge in [-0.3, -0.25) is 4.79 Å². The van der Waals surface area contributed by atoms with Gasteiger partial charge in [0, 0.05) is 18.8 Å². The van der Waals surface area contributed by atoms with E-state index in [-0.39, 0.29) is 5.91 Å². The predicted octanol–water partition coefficient (Wildman–Crippen LogP) is 2.22. The average Bonchev–Trinajstić information content (AvgIpc) is 2.88. The van der Waals surface area contributed by atoms with E-state index in [4.69, 9.17) is 15.7 Å². The molecule has 6 heteroatoms. The fourth-order valence-corrected chi connectivity index (χ4v) is 2.04. The number of aromatic nitrogens is 1. The molecule has 2 aromatic rings. The topological polar surface area (TPSA) is 93.1 Å². The third kappa shape index (κ3) is 2.98. The number of benzene rings is 1. The number of anilines is 2. The van der Waals surface area contributed by atoms with Gasteiger partial charge in [0.15, 0.2) is 0 Å². The summed E-state index contributed by atoms with van der Waals surface area (Å²) in [5, 5.41) is 11.6. The Morgan fingerprint density at radius 2 is 2.24 bits per heavy atom. The standard InChI is InChI=1S/C15H16N4O2/c1-3-19-9-11(17)7-13(19)15(20)18-12-5-4-10(8-16)6-14(12)21-2/h4-7,9H,3,17H2,1-2H3,(H,18,20). The number of aryl methyl sites for hydroxylation is 1. The molecular formula is C15H16N4O2. The first kappa shape index (κ1) is 14.5. The monoisotopic (exact) mass is 284 g/mol. The quantitative estimate of drug-likeness (QED) is 0.900. The first-order valence-electron chi connectivity index (χ1n) is 6.44. The number of rotatable bonds is 4. The van der Waals surface area contributed by atoms with Crippen LogP contribution in [0.3, 0.4) is 0 Å². The molecule has 1 aromatic carbocycles. The highest BCUT2D eigenvalue weighted by Crippen LogP contribution is 2.26. The van der Waals surface area contributed by atoms with E-state index in [0.717, 1.165) is 0 Å². The number of nitriles is 1. The van der Waals surface area contributed by atoms with Gasteiger partial charge in [-0.1, -0.05) is 0 Å². The van der Waals surface area contributed by atoms with Crippen molar-refractivity contribution < 1.29 is 9.53 Å². The van der Waals surface area contributed by atoms with Gasteiger partial charge in [-0.15, -0.1) is 0 Å². The number of methoxy groups -OCH3 is 1. The van der Waals surface area contributed by atoms with Crippen LogP contribution in [0.25, 0.3) is 0 Å². The number of nitrogens with zero attached hydrogens (tertiary/aromatic N) is 2. The summed E-state index contributed by atoms with van der Waals surface area (Å²) in [6, 6.07) is 8.47. The zero-order chi connectivity index (χ0) is 15.4. The molecule has 1 aromatic heterocycles. The summed E-state index contributed by atoms with van der Waals surface area (Å²) in [5.41, 5.74) is 7.70. The Bertz CT molecular complexity index is 713. The molecule has 0 saturated heterocycles. The van der Waals surface area contributed by atoms with Gasteiger partial charge in [0.05, 0.1) is 30.1 Å². The Balaban J connectivity index is 2.29. The summed E-state index contributed by atoms with van der Waals surface area (Å²) in [6.45, 7) is 2.57. The van der Waals surface area contributed by atoms with Crippen molar-refractivity contribution in [1.29, 1.82) is 5.26 Å². The number of hydrogen-bond donors (Lipinski definition) is 2. The zero-order valence-corrected chi connectivity index (χ0v) is 11.9. The molecule has 0 saturated carbocycles. The number of hydrogen-bond acceptors (Lipinski definition) is 4. The molecule has 0 aliphatic carbocycles. The molecule has 0 atom stereocenters. The first-order chi connectivity index (χ1) is 10.1. The van der Waals surface area contributed by atoms with E-state index < -0.39 is 0 Å². The average molecular weight is 284 g/mol. The minimum absolute atomic E-state index is 0.281. The van der Waals surface area contributed by atoms with Crippen LogP contribution in [0.15, 0.2) is 30.5 Å². The normalized spacial score (nSPS) is 9.95. The van der Waals surface area contributed by atoms with Crippen molar-refractivity contribution in [1.82, 2.24) is 4.57 Å². The lowest BCUT2D eigenvalue weighted by molar-refractivity contribution is 0.101. The van der Waals surface area contributed by atoms with E-state index in [9.17, 15) is 4.79 Å². The Labute approximate surface area is 122 Å². The highest BCUT2D eigenvalue weighted by Gasteiger charge is 2.14. The number of amides is 1. The lowest BCUT2D eigenvalue weighted by atomic mass is 10.2. The van der Waals surface area contributed by atoms with Gasteiger partial charge in [0.2, 0.25) is 0 Å². The molecule has 1 amide bonds. The molecule has 0 spiro atoms.